The van der Waals surface area contributed by atoms with Crippen LogP contribution in [0.3, 0.4) is 0 Å². The molecule has 27 heavy (non-hydrogen) atoms. The quantitative estimate of drug-likeness (QED) is 0.280. The summed E-state index contributed by atoms with van der Waals surface area (Å²) in [6, 6.07) is 0. The van der Waals surface area contributed by atoms with Gasteiger partial charge in [0.1, 0.15) is 12.7 Å². The van der Waals surface area contributed by atoms with Crippen LogP contribution in [0, 0.1) is 0 Å². The zero-order valence-electron chi connectivity index (χ0n) is 13.5. The molecule has 0 atom stereocenters. The normalized spacial score (nSPS) is 11.9. The van der Waals surface area contributed by atoms with Crippen molar-refractivity contribution in [1.29, 1.82) is 0 Å². The highest BCUT2D eigenvalue weighted by molar-refractivity contribution is 7.53. The van der Waals surface area contributed by atoms with Crippen molar-refractivity contribution in [3.05, 3.63) is 33.4 Å². The Morgan fingerprint density at radius 1 is 0.926 bits per heavy atom. The van der Waals surface area contributed by atoms with Gasteiger partial charge < -0.3 is 20.7 Å². The Morgan fingerprint density at radius 3 is 1.74 bits per heavy atom. The molecule has 0 aliphatic heterocycles. The molecule has 0 radical (unpaired) electrons. The number of hydrogen-bond donors (Lipinski definition) is 4. The molecule has 4 rings (SSSR count). The minimum atomic E-state index is -3.88. The molecule has 0 aromatic carbocycles. The summed E-state index contributed by atoms with van der Waals surface area (Å²) in [6.07, 6.45) is 2.16. The monoisotopic (exact) mass is 394 g/mol. The molecule has 0 spiro atoms. The highest BCUT2D eigenvalue weighted by Crippen LogP contribution is 2.37. The first-order valence-corrected chi connectivity index (χ1v) is 9.16. The average molecular weight is 394 g/mol. The highest BCUT2D eigenvalue weighted by atomic mass is 31.2. The van der Waals surface area contributed by atoms with Gasteiger partial charge in [0.2, 0.25) is 23.2 Å². The second kappa shape index (κ2) is 5.57. The largest absolute Gasteiger partial charge is 0.464 e. The Labute approximate surface area is 147 Å². The Bertz CT molecular complexity index is 1250. The molecule has 0 unspecified atom stereocenters. The van der Waals surface area contributed by atoms with Crippen LogP contribution in [-0.2, 0) is 4.57 Å². The van der Waals surface area contributed by atoms with Crippen molar-refractivity contribution in [3.8, 4) is 0 Å². The van der Waals surface area contributed by atoms with Gasteiger partial charge in [-0.2, -0.15) is 9.97 Å². The van der Waals surface area contributed by atoms with Crippen molar-refractivity contribution in [1.82, 2.24) is 39.4 Å². The van der Waals surface area contributed by atoms with Crippen molar-refractivity contribution in [3.63, 3.8) is 0 Å². The number of anilines is 2. The summed E-state index contributed by atoms with van der Waals surface area (Å²) in [7, 11) is -3.88. The number of imidazole rings is 2. The van der Waals surface area contributed by atoms with Gasteiger partial charge in [0.15, 0.2) is 11.0 Å². The molecule has 0 saturated heterocycles. The van der Waals surface area contributed by atoms with Crippen molar-refractivity contribution in [2.24, 2.45) is 0 Å². The fourth-order valence-electron chi connectivity index (χ4n) is 2.27. The lowest BCUT2D eigenvalue weighted by Gasteiger charge is -2.15. The predicted octanol–water partition coefficient (Wildman–Crippen LogP) is -1.90. The standard InChI is InChI=1S/C11H11N10O5P/c1-27(24,25-20-2-14-4-6(20)16-10(12)18-8(4)22)26-21-3-15-5-7(21)17-11(13)19-9(5)23/h2-3H,1H3,(H3,12,16,18,22)(H3,13,17,19,23). The summed E-state index contributed by atoms with van der Waals surface area (Å²) < 4.78 is 25.1. The highest BCUT2D eigenvalue weighted by Gasteiger charge is 2.26. The van der Waals surface area contributed by atoms with E-state index in [1.165, 1.54) is 0 Å². The number of nitrogen functional groups attached to an aromatic ring is 2. The number of nitrogens with one attached hydrogen (secondary N) is 2. The van der Waals surface area contributed by atoms with Crippen LogP contribution in [0.2, 0.25) is 0 Å². The van der Waals surface area contributed by atoms with E-state index in [1.54, 1.807) is 0 Å². The van der Waals surface area contributed by atoms with E-state index in [1.807, 2.05) is 0 Å². The first-order valence-electron chi connectivity index (χ1n) is 7.17. The summed E-state index contributed by atoms with van der Waals surface area (Å²) >= 11 is 0. The van der Waals surface area contributed by atoms with Gasteiger partial charge in [-0.25, -0.2) is 14.5 Å². The molecular formula is C11H11N10O5P. The molecule has 4 aromatic rings. The van der Waals surface area contributed by atoms with E-state index in [9.17, 15) is 14.2 Å². The van der Waals surface area contributed by atoms with Crippen molar-refractivity contribution >= 4 is 41.8 Å². The number of aromatic amines is 2. The van der Waals surface area contributed by atoms with Gasteiger partial charge in [-0.1, -0.05) is 0 Å². The third-order valence-electron chi connectivity index (χ3n) is 3.26. The van der Waals surface area contributed by atoms with E-state index in [-0.39, 0.29) is 34.2 Å². The lowest BCUT2D eigenvalue weighted by molar-refractivity contribution is 0.186. The maximum Gasteiger partial charge on any atom is 0.464 e. The number of aromatic nitrogens is 8. The molecule has 0 fully saturated rings. The number of H-pyrrole nitrogens is 2. The SMILES string of the molecule is CP(=O)(On1cnc2c(=O)[nH]c(N)nc21)On1cnc2c(=O)[nH]c(N)nc21. The maximum absolute atomic E-state index is 12.7. The van der Waals surface area contributed by atoms with Gasteiger partial charge in [-0.15, -0.1) is 9.46 Å². The van der Waals surface area contributed by atoms with Crippen LogP contribution in [0.25, 0.3) is 22.3 Å². The molecule has 16 heteroatoms. The van der Waals surface area contributed by atoms with Gasteiger partial charge in [0.25, 0.3) is 11.1 Å². The van der Waals surface area contributed by atoms with E-state index in [0.717, 1.165) is 28.8 Å². The molecule has 0 aliphatic carbocycles. The molecule has 0 aliphatic rings. The van der Waals surface area contributed by atoms with E-state index in [0.29, 0.717) is 0 Å². The Kier molecular flexibility index (Phi) is 3.42. The second-order valence-electron chi connectivity index (χ2n) is 5.32. The molecule has 0 saturated carbocycles. The molecular weight excluding hydrogens is 383 g/mol. The molecule has 0 bridgehead atoms. The van der Waals surface area contributed by atoms with Gasteiger partial charge in [0, 0.05) is 0 Å². The lowest BCUT2D eigenvalue weighted by atomic mass is 10.5. The van der Waals surface area contributed by atoms with E-state index in [4.69, 9.17) is 20.7 Å². The van der Waals surface area contributed by atoms with Crippen LogP contribution in [-0.4, -0.2) is 46.0 Å². The fourth-order valence-corrected chi connectivity index (χ4v) is 3.18. The van der Waals surface area contributed by atoms with E-state index < -0.39 is 18.7 Å². The molecule has 0 amide bonds. The summed E-state index contributed by atoms with van der Waals surface area (Å²) in [5.74, 6) is -0.353. The minimum absolute atomic E-state index is 0.0590. The third kappa shape index (κ3) is 2.85. The van der Waals surface area contributed by atoms with Gasteiger partial charge in [-0.3, -0.25) is 19.6 Å². The number of fused-ring (bicyclic) bond motifs is 2. The summed E-state index contributed by atoms with van der Waals surface area (Å²) in [5, 5.41) is 0. The van der Waals surface area contributed by atoms with Crippen LogP contribution >= 0.6 is 7.60 Å². The van der Waals surface area contributed by atoms with Crippen LogP contribution in [0.5, 0.6) is 0 Å². The van der Waals surface area contributed by atoms with Gasteiger partial charge in [-0.05, 0) is 0 Å². The van der Waals surface area contributed by atoms with Crippen molar-refractivity contribution < 1.29 is 13.8 Å². The molecule has 15 nitrogen and oxygen atoms in total. The Balaban J connectivity index is 1.70. The molecule has 6 N–H and O–H groups in total. The predicted molar refractivity (Wildman–Crippen MR) is 91.8 cm³/mol. The number of nitrogens with two attached hydrogens (primary N) is 2. The van der Waals surface area contributed by atoms with Crippen molar-refractivity contribution in [2.75, 3.05) is 18.1 Å². The Morgan fingerprint density at radius 2 is 1.33 bits per heavy atom. The smallest absolute Gasteiger partial charge is 0.369 e. The zero-order chi connectivity index (χ0) is 19.3. The minimum Gasteiger partial charge on any atom is -0.369 e. The molecule has 140 valence electrons. The molecule has 4 heterocycles. The fraction of sp³-hybridized carbons (Fsp3) is 0.0909. The first kappa shape index (κ1) is 16.6. The van der Waals surface area contributed by atoms with Gasteiger partial charge in [0.05, 0.1) is 6.66 Å². The summed E-state index contributed by atoms with van der Waals surface area (Å²) in [5.41, 5.74) is 9.53. The van der Waals surface area contributed by atoms with Crippen LogP contribution in [0.4, 0.5) is 11.9 Å². The Hall–Kier alpha value is -3.87. The van der Waals surface area contributed by atoms with Gasteiger partial charge >= 0.3 is 7.60 Å². The maximum atomic E-state index is 12.7. The average Bonchev–Trinajstić information content (AvgIpc) is 3.12. The van der Waals surface area contributed by atoms with Crippen LogP contribution in [0.15, 0.2) is 22.2 Å². The number of rotatable bonds is 4. The third-order valence-corrected chi connectivity index (χ3v) is 4.21. The van der Waals surface area contributed by atoms with E-state index >= 15 is 0 Å². The summed E-state index contributed by atoms with van der Waals surface area (Å²) in [6.45, 7) is 1.14. The molecule has 4 aromatic heterocycles. The first-order chi connectivity index (χ1) is 12.7. The zero-order valence-corrected chi connectivity index (χ0v) is 14.4. The number of nitrogens with zero attached hydrogens (tertiary/aromatic N) is 6. The lowest BCUT2D eigenvalue weighted by Crippen LogP contribution is -2.19. The summed E-state index contributed by atoms with van der Waals surface area (Å²) in [4.78, 5) is 43.5. The second-order valence-corrected chi connectivity index (χ2v) is 7.19. The number of hydrogen-bond acceptors (Lipinski definition) is 11. The van der Waals surface area contributed by atoms with Crippen molar-refractivity contribution in [2.45, 2.75) is 0 Å². The topological polar surface area (TPSA) is 215 Å². The van der Waals surface area contributed by atoms with Crippen LogP contribution in [0.1, 0.15) is 0 Å². The van der Waals surface area contributed by atoms with E-state index in [2.05, 4.69) is 29.9 Å². The van der Waals surface area contributed by atoms with Crippen LogP contribution < -0.4 is 31.8 Å².